The summed E-state index contributed by atoms with van der Waals surface area (Å²) in [4.78, 5) is 35.9. The minimum atomic E-state index is -0.666. The highest BCUT2D eigenvalue weighted by Crippen LogP contribution is 2.55. The summed E-state index contributed by atoms with van der Waals surface area (Å²) in [5, 5.41) is 5.33. The lowest BCUT2D eigenvalue weighted by atomic mass is 9.53. The molecule has 0 saturated heterocycles. The summed E-state index contributed by atoms with van der Waals surface area (Å²) in [7, 11) is 0. The molecule has 4 aliphatic rings. The van der Waals surface area contributed by atoms with Crippen molar-refractivity contribution in [3.63, 3.8) is 0 Å². The number of carbonyl (C=O) groups excluding carboxylic acids is 3. The molecule has 7 nitrogen and oxygen atoms in total. The summed E-state index contributed by atoms with van der Waals surface area (Å²) in [6.45, 7) is -0.804. The van der Waals surface area contributed by atoms with Crippen LogP contribution in [0.2, 0.25) is 0 Å². The second-order valence-corrected chi connectivity index (χ2v) is 8.46. The van der Waals surface area contributed by atoms with Crippen LogP contribution in [0.3, 0.4) is 0 Å². The third-order valence-corrected chi connectivity index (χ3v) is 6.13. The van der Waals surface area contributed by atoms with Gasteiger partial charge in [-0.15, -0.1) is 0 Å². The van der Waals surface area contributed by atoms with Gasteiger partial charge in [0.1, 0.15) is 5.75 Å². The van der Waals surface area contributed by atoms with E-state index in [2.05, 4.69) is 10.6 Å². The zero-order valence-corrected chi connectivity index (χ0v) is 15.8. The van der Waals surface area contributed by atoms with E-state index in [0.717, 1.165) is 19.3 Å². The van der Waals surface area contributed by atoms with Gasteiger partial charge in [0.25, 0.3) is 5.91 Å². The van der Waals surface area contributed by atoms with Gasteiger partial charge in [-0.25, -0.2) is 9.59 Å². The summed E-state index contributed by atoms with van der Waals surface area (Å²) in [5.74, 6) is 1.34. The third-order valence-electron chi connectivity index (χ3n) is 6.13. The lowest BCUT2D eigenvalue weighted by Crippen LogP contribution is -2.62. The Labute approximate surface area is 164 Å². The lowest BCUT2D eigenvalue weighted by molar-refractivity contribution is -0.150. The fraction of sp³-hybridized carbons (Fsp3) is 0.571. The molecule has 1 aromatic carbocycles. The van der Waals surface area contributed by atoms with E-state index >= 15 is 0 Å². The van der Waals surface area contributed by atoms with Gasteiger partial charge in [-0.05, 0) is 68.4 Å². The Morgan fingerprint density at radius 3 is 2.14 bits per heavy atom. The third kappa shape index (κ3) is 4.46. The maximum atomic E-state index is 12.3. The number of rotatable bonds is 6. The van der Waals surface area contributed by atoms with Gasteiger partial charge in [0.05, 0.1) is 0 Å². The van der Waals surface area contributed by atoms with Crippen molar-refractivity contribution >= 4 is 17.9 Å². The lowest BCUT2D eigenvalue weighted by Gasteiger charge is -2.56. The van der Waals surface area contributed by atoms with Crippen molar-refractivity contribution < 1.29 is 23.9 Å². The maximum absolute atomic E-state index is 12.3. The Balaban J connectivity index is 1.18. The van der Waals surface area contributed by atoms with Crippen LogP contribution >= 0.6 is 0 Å². The van der Waals surface area contributed by atoms with Gasteiger partial charge < -0.3 is 14.8 Å². The second kappa shape index (κ2) is 7.81. The number of nitrogens with one attached hydrogen (secondary N) is 2. The Morgan fingerprint density at radius 2 is 1.54 bits per heavy atom. The zero-order valence-electron chi connectivity index (χ0n) is 15.8. The number of hydrogen-bond donors (Lipinski definition) is 2. The summed E-state index contributed by atoms with van der Waals surface area (Å²) in [6.07, 6.45) is 6.86. The molecule has 0 unspecified atom stereocenters. The van der Waals surface area contributed by atoms with Crippen LogP contribution in [0.4, 0.5) is 4.79 Å². The molecule has 2 N–H and O–H groups in total. The van der Waals surface area contributed by atoms with Crippen molar-refractivity contribution in [2.24, 2.45) is 17.8 Å². The van der Waals surface area contributed by atoms with Crippen LogP contribution in [0, 0.1) is 17.8 Å². The van der Waals surface area contributed by atoms with E-state index in [1.54, 1.807) is 24.3 Å². The van der Waals surface area contributed by atoms with Crippen LogP contribution in [-0.4, -0.2) is 36.7 Å². The quantitative estimate of drug-likeness (QED) is 0.733. The van der Waals surface area contributed by atoms with Gasteiger partial charge in [0.15, 0.2) is 13.2 Å². The predicted octanol–water partition coefficient (Wildman–Crippen LogP) is 2.40. The average Bonchev–Trinajstić information content (AvgIpc) is 2.64. The second-order valence-electron chi connectivity index (χ2n) is 8.46. The first-order valence-corrected chi connectivity index (χ1v) is 9.95. The first-order valence-electron chi connectivity index (χ1n) is 9.95. The standard InChI is InChI=1S/C21H26N2O5/c24-18(12-28-19(25)13-27-17-4-2-1-3-5-17)22-20(26)23-21-9-14-6-15(10-21)8-16(7-14)11-21/h1-5,14-16H,6-13H2,(H2,22,23,24,26). The van der Waals surface area contributed by atoms with E-state index in [1.807, 2.05) is 6.07 Å². The average molecular weight is 386 g/mol. The van der Waals surface area contributed by atoms with E-state index in [1.165, 1.54) is 19.3 Å². The van der Waals surface area contributed by atoms with E-state index in [9.17, 15) is 14.4 Å². The van der Waals surface area contributed by atoms with Gasteiger partial charge in [-0.1, -0.05) is 18.2 Å². The number of esters is 1. The number of hydrogen-bond acceptors (Lipinski definition) is 5. The molecule has 0 aromatic heterocycles. The zero-order chi connectivity index (χ0) is 19.6. The monoisotopic (exact) mass is 386 g/mol. The van der Waals surface area contributed by atoms with Crippen LogP contribution in [0.15, 0.2) is 30.3 Å². The van der Waals surface area contributed by atoms with Gasteiger partial charge in [-0.3, -0.25) is 10.1 Å². The molecule has 0 aliphatic heterocycles. The Bertz CT molecular complexity index is 713. The normalized spacial score (nSPS) is 29.8. The molecule has 4 fully saturated rings. The Morgan fingerprint density at radius 1 is 0.929 bits per heavy atom. The van der Waals surface area contributed by atoms with Crippen LogP contribution in [0.25, 0.3) is 0 Å². The van der Waals surface area contributed by atoms with Crippen molar-refractivity contribution in [2.75, 3.05) is 13.2 Å². The molecule has 0 spiro atoms. The molecule has 3 amide bonds. The summed E-state index contributed by atoms with van der Waals surface area (Å²) < 4.78 is 10.1. The molecule has 1 aromatic rings. The molecule has 0 heterocycles. The van der Waals surface area contributed by atoms with Gasteiger partial charge in [0.2, 0.25) is 0 Å². The molecule has 0 radical (unpaired) electrons. The highest BCUT2D eigenvalue weighted by molar-refractivity contribution is 5.95. The number of para-hydroxylation sites is 1. The van der Waals surface area contributed by atoms with Gasteiger partial charge in [-0.2, -0.15) is 0 Å². The highest BCUT2D eigenvalue weighted by Gasteiger charge is 2.51. The molecule has 7 heteroatoms. The van der Waals surface area contributed by atoms with Gasteiger partial charge in [0, 0.05) is 5.54 Å². The fourth-order valence-corrected chi connectivity index (χ4v) is 5.55. The molecule has 28 heavy (non-hydrogen) atoms. The first-order chi connectivity index (χ1) is 13.5. The highest BCUT2D eigenvalue weighted by atomic mass is 16.6. The molecular formula is C21H26N2O5. The smallest absolute Gasteiger partial charge is 0.344 e. The number of imide groups is 1. The predicted molar refractivity (Wildman–Crippen MR) is 100 cm³/mol. The largest absolute Gasteiger partial charge is 0.482 e. The molecule has 4 saturated carbocycles. The maximum Gasteiger partial charge on any atom is 0.344 e. The van der Waals surface area contributed by atoms with Crippen molar-refractivity contribution in [3.8, 4) is 5.75 Å². The molecule has 150 valence electrons. The number of benzene rings is 1. The van der Waals surface area contributed by atoms with Crippen molar-refractivity contribution in [3.05, 3.63) is 30.3 Å². The van der Waals surface area contributed by atoms with E-state index in [-0.39, 0.29) is 12.1 Å². The van der Waals surface area contributed by atoms with Crippen LogP contribution < -0.4 is 15.4 Å². The molecule has 5 rings (SSSR count). The number of ether oxygens (including phenoxy) is 2. The van der Waals surface area contributed by atoms with Crippen LogP contribution in [0.5, 0.6) is 5.75 Å². The summed E-state index contributed by atoms with van der Waals surface area (Å²) in [5.41, 5.74) is -0.167. The number of urea groups is 1. The summed E-state index contributed by atoms with van der Waals surface area (Å²) in [6, 6.07) is 8.35. The molecule has 4 bridgehead atoms. The first kappa shape index (κ1) is 18.8. The van der Waals surface area contributed by atoms with Gasteiger partial charge >= 0.3 is 12.0 Å². The summed E-state index contributed by atoms with van der Waals surface area (Å²) >= 11 is 0. The minimum absolute atomic E-state index is 0.167. The molecule has 0 atom stereocenters. The van der Waals surface area contributed by atoms with Crippen LogP contribution in [0.1, 0.15) is 38.5 Å². The minimum Gasteiger partial charge on any atom is -0.482 e. The molecular weight excluding hydrogens is 360 g/mol. The SMILES string of the molecule is O=C(COC(=O)COc1ccccc1)NC(=O)NC12CC3CC(CC(C3)C1)C2. The number of amides is 3. The van der Waals surface area contributed by atoms with Crippen molar-refractivity contribution in [1.82, 2.24) is 10.6 Å². The van der Waals surface area contributed by atoms with E-state index < -0.39 is 24.5 Å². The molecule has 4 aliphatic carbocycles. The number of carbonyl (C=O) groups is 3. The topological polar surface area (TPSA) is 93.7 Å². The Kier molecular flexibility index (Phi) is 5.24. The fourth-order valence-electron chi connectivity index (χ4n) is 5.55. The van der Waals surface area contributed by atoms with E-state index in [4.69, 9.17) is 9.47 Å². The van der Waals surface area contributed by atoms with Crippen LogP contribution in [-0.2, 0) is 14.3 Å². The van der Waals surface area contributed by atoms with Crippen molar-refractivity contribution in [1.29, 1.82) is 0 Å². The van der Waals surface area contributed by atoms with E-state index in [0.29, 0.717) is 23.5 Å². The van der Waals surface area contributed by atoms with Crippen molar-refractivity contribution in [2.45, 2.75) is 44.1 Å². The Hall–Kier alpha value is -2.57.